The predicted molar refractivity (Wildman–Crippen MR) is 57.5 cm³/mol. The molecule has 1 aromatic rings. The normalized spacial score (nSPS) is 12.0. The third-order valence-electron chi connectivity index (χ3n) is 1.71. The second kappa shape index (κ2) is 5.38. The first-order chi connectivity index (χ1) is 7.43. The smallest absolute Gasteiger partial charge is 0.265 e. The van der Waals surface area contributed by atoms with Crippen molar-refractivity contribution in [1.82, 2.24) is 4.89 Å². The molecular formula is C10H14FNO3S. The van der Waals surface area contributed by atoms with Crippen molar-refractivity contribution >= 4 is 10.0 Å². The van der Waals surface area contributed by atoms with E-state index in [-0.39, 0.29) is 12.5 Å². The number of sulfonamides is 1. The molecule has 0 aliphatic rings. The monoisotopic (exact) mass is 247 g/mol. The van der Waals surface area contributed by atoms with Gasteiger partial charge in [-0.05, 0) is 18.1 Å². The molecule has 1 N–H and O–H groups in total. The van der Waals surface area contributed by atoms with E-state index in [0.29, 0.717) is 0 Å². The fourth-order valence-corrected chi connectivity index (χ4v) is 1.88. The first-order valence-electron chi connectivity index (χ1n) is 4.81. The minimum atomic E-state index is -3.93. The van der Waals surface area contributed by atoms with Crippen LogP contribution >= 0.6 is 0 Å². The average Bonchev–Trinajstić information content (AvgIpc) is 2.17. The lowest BCUT2D eigenvalue weighted by molar-refractivity contribution is 0.0717. The number of benzene rings is 1. The zero-order valence-corrected chi connectivity index (χ0v) is 9.92. The van der Waals surface area contributed by atoms with Gasteiger partial charge in [-0.3, -0.25) is 4.84 Å². The second-order valence-electron chi connectivity index (χ2n) is 3.72. The van der Waals surface area contributed by atoms with Crippen LogP contribution in [0.2, 0.25) is 0 Å². The van der Waals surface area contributed by atoms with Crippen molar-refractivity contribution in [3.05, 3.63) is 30.1 Å². The second-order valence-corrected chi connectivity index (χ2v) is 5.34. The van der Waals surface area contributed by atoms with Crippen molar-refractivity contribution in [3.8, 4) is 0 Å². The van der Waals surface area contributed by atoms with Crippen molar-refractivity contribution in [3.63, 3.8) is 0 Å². The first-order valence-corrected chi connectivity index (χ1v) is 6.30. The van der Waals surface area contributed by atoms with Crippen molar-refractivity contribution in [2.24, 2.45) is 5.92 Å². The maximum atomic E-state index is 13.2. The fraction of sp³-hybridized carbons (Fsp3) is 0.400. The van der Waals surface area contributed by atoms with E-state index in [2.05, 4.69) is 0 Å². The maximum absolute atomic E-state index is 13.2. The number of nitrogens with one attached hydrogen (secondary N) is 1. The van der Waals surface area contributed by atoms with E-state index >= 15 is 0 Å². The molecular weight excluding hydrogens is 233 g/mol. The van der Waals surface area contributed by atoms with Gasteiger partial charge >= 0.3 is 0 Å². The quantitative estimate of drug-likeness (QED) is 0.806. The van der Waals surface area contributed by atoms with Crippen LogP contribution in [0.1, 0.15) is 13.8 Å². The lowest BCUT2D eigenvalue weighted by Crippen LogP contribution is -2.26. The van der Waals surface area contributed by atoms with Crippen LogP contribution in [-0.2, 0) is 14.9 Å². The zero-order chi connectivity index (χ0) is 12.2. The molecule has 4 nitrogen and oxygen atoms in total. The summed E-state index contributed by atoms with van der Waals surface area (Å²) in [6.07, 6.45) is 0. The summed E-state index contributed by atoms with van der Waals surface area (Å²) >= 11 is 0. The van der Waals surface area contributed by atoms with Gasteiger partial charge in [-0.1, -0.05) is 30.9 Å². The van der Waals surface area contributed by atoms with E-state index in [9.17, 15) is 12.8 Å². The minimum absolute atomic E-state index is 0.184. The van der Waals surface area contributed by atoms with Crippen LogP contribution in [-0.4, -0.2) is 15.0 Å². The molecule has 0 unspecified atom stereocenters. The van der Waals surface area contributed by atoms with Gasteiger partial charge in [-0.25, -0.2) is 12.8 Å². The number of hydrogen-bond donors (Lipinski definition) is 1. The summed E-state index contributed by atoms with van der Waals surface area (Å²) in [5.74, 6) is -0.619. The summed E-state index contributed by atoms with van der Waals surface area (Å²) in [4.78, 5) is 6.23. The highest BCUT2D eigenvalue weighted by Crippen LogP contribution is 2.12. The zero-order valence-electron chi connectivity index (χ0n) is 9.10. The lowest BCUT2D eigenvalue weighted by atomic mass is 10.2. The van der Waals surface area contributed by atoms with Crippen LogP contribution in [0.25, 0.3) is 0 Å². The van der Waals surface area contributed by atoms with Crippen LogP contribution in [0, 0.1) is 11.7 Å². The topological polar surface area (TPSA) is 55.4 Å². The molecule has 1 aromatic carbocycles. The third-order valence-corrected chi connectivity index (χ3v) is 2.96. The van der Waals surface area contributed by atoms with Crippen LogP contribution < -0.4 is 4.89 Å². The van der Waals surface area contributed by atoms with Crippen LogP contribution in [0.5, 0.6) is 0 Å². The Labute approximate surface area is 94.4 Å². The van der Waals surface area contributed by atoms with Crippen LogP contribution in [0.15, 0.2) is 29.2 Å². The summed E-state index contributed by atoms with van der Waals surface area (Å²) in [5, 5.41) is 0. The van der Waals surface area contributed by atoms with Crippen molar-refractivity contribution in [1.29, 1.82) is 0 Å². The molecule has 0 bridgehead atoms. The van der Waals surface area contributed by atoms with Gasteiger partial charge in [0.2, 0.25) is 0 Å². The molecule has 0 saturated carbocycles. The third kappa shape index (κ3) is 3.55. The van der Waals surface area contributed by atoms with E-state index in [1.165, 1.54) is 18.2 Å². The molecule has 0 aliphatic heterocycles. The molecule has 0 spiro atoms. The van der Waals surface area contributed by atoms with Crippen molar-refractivity contribution in [2.45, 2.75) is 18.7 Å². The first kappa shape index (κ1) is 13.1. The number of halogens is 1. The summed E-state index contributed by atoms with van der Waals surface area (Å²) in [6.45, 7) is 3.97. The highest BCUT2D eigenvalue weighted by molar-refractivity contribution is 7.89. The van der Waals surface area contributed by atoms with Gasteiger partial charge in [0.25, 0.3) is 10.0 Å². The van der Waals surface area contributed by atoms with Gasteiger partial charge in [0.15, 0.2) is 0 Å². The van der Waals surface area contributed by atoms with Gasteiger partial charge in [-0.2, -0.15) is 0 Å². The lowest BCUT2D eigenvalue weighted by Gasteiger charge is -2.09. The van der Waals surface area contributed by atoms with E-state index in [4.69, 9.17) is 4.84 Å². The molecule has 1 rings (SSSR count). The summed E-state index contributed by atoms with van der Waals surface area (Å²) in [6, 6.07) is 5.12. The summed E-state index contributed by atoms with van der Waals surface area (Å²) < 4.78 is 36.3. The van der Waals surface area contributed by atoms with Gasteiger partial charge in [-0.15, -0.1) is 0 Å². The molecule has 0 aliphatic carbocycles. The Balaban J connectivity index is 2.75. The molecule has 16 heavy (non-hydrogen) atoms. The summed E-state index contributed by atoms with van der Waals surface area (Å²) in [7, 11) is -3.93. The predicted octanol–water partition coefficient (Wildman–Crippen LogP) is 1.69. The van der Waals surface area contributed by atoms with E-state index in [1.807, 2.05) is 18.7 Å². The SMILES string of the molecule is CC(C)CONS(=O)(=O)c1ccccc1F. The maximum Gasteiger partial charge on any atom is 0.265 e. The fourth-order valence-electron chi connectivity index (χ4n) is 0.986. The van der Waals surface area contributed by atoms with Gasteiger partial charge < -0.3 is 0 Å². The molecule has 90 valence electrons. The van der Waals surface area contributed by atoms with Gasteiger partial charge in [0, 0.05) is 0 Å². The highest BCUT2D eigenvalue weighted by atomic mass is 32.2. The largest absolute Gasteiger partial charge is 0.287 e. The molecule has 6 heteroatoms. The van der Waals surface area contributed by atoms with E-state index in [0.717, 1.165) is 6.07 Å². The standard InChI is InChI=1S/C10H14FNO3S/c1-8(2)7-15-12-16(13,14)10-6-4-3-5-9(10)11/h3-6,8,12H,7H2,1-2H3. The average molecular weight is 247 g/mol. The molecule has 0 aromatic heterocycles. The minimum Gasteiger partial charge on any atom is -0.287 e. The van der Waals surface area contributed by atoms with Crippen molar-refractivity contribution < 1.29 is 17.6 Å². The van der Waals surface area contributed by atoms with Gasteiger partial charge in [0.1, 0.15) is 10.7 Å². The van der Waals surface area contributed by atoms with Crippen LogP contribution in [0.4, 0.5) is 4.39 Å². The van der Waals surface area contributed by atoms with E-state index < -0.39 is 20.7 Å². The molecule has 0 atom stereocenters. The molecule has 0 heterocycles. The Hall–Kier alpha value is -0.980. The Kier molecular flexibility index (Phi) is 4.40. The Morgan fingerprint density at radius 3 is 2.56 bits per heavy atom. The molecule has 0 amide bonds. The number of rotatable bonds is 5. The van der Waals surface area contributed by atoms with Gasteiger partial charge in [0.05, 0.1) is 6.61 Å². The molecule has 0 saturated heterocycles. The summed E-state index contributed by atoms with van der Waals surface area (Å²) in [5.41, 5.74) is 0. The molecule has 0 fully saturated rings. The Morgan fingerprint density at radius 2 is 2.00 bits per heavy atom. The Morgan fingerprint density at radius 1 is 1.38 bits per heavy atom. The molecule has 0 radical (unpaired) electrons. The van der Waals surface area contributed by atoms with Crippen LogP contribution in [0.3, 0.4) is 0 Å². The van der Waals surface area contributed by atoms with Crippen molar-refractivity contribution in [2.75, 3.05) is 6.61 Å². The highest BCUT2D eigenvalue weighted by Gasteiger charge is 2.18. The number of hydrogen-bond acceptors (Lipinski definition) is 3. The van der Waals surface area contributed by atoms with E-state index in [1.54, 1.807) is 0 Å². The Bertz CT molecular complexity index is 445.